The zero-order valence-electron chi connectivity index (χ0n) is 16.6. The average Bonchev–Trinajstić information content (AvgIpc) is 2.56. The number of hydrogen-bond donors (Lipinski definition) is 2. The van der Waals surface area contributed by atoms with Crippen molar-refractivity contribution in [2.75, 3.05) is 0 Å². The molecule has 0 aromatic heterocycles. The van der Waals surface area contributed by atoms with Gasteiger partial charge in [-0.05, 0) is 81.0 Å². The molecular weight excluding hydrogens is 348 g/mol. The third kappa shape index (κ3) is 3.47. The summed E-state index contributed by atoms with van der Waals surface area (Å²) in [4.78, 5) is 34.9. The van der Waals surface area contributed by atoms with E-state index in [9.17, 15) is 24.6 Å². The van der Waals surface area contributed by atoms with Gasteiger partial charge < -0.3 is 14.9 Å². The highest BCUT2D eigenvalue weighted by Crippen LogP contribution is 2.63. The summed E-state index contributed by atoms with van der Waals surface area (Å²) >= 11 is 0. The first-order valence-electron chi connectivity index (χ1n) is 10.2. The molecule has 0 radical (unpaired) electrons. The van der Waals surface area contributed by atoms with E-state index in [0.717, 1.165) is 38.5 Å². The van der Waals surface area contributed by atoms with E-state index in [0.29, 0.717) is 18.3 Å². The summed E-state index contributed by atoms with van der Waals surface area (Å²) in [6.45, 7) is 5.50. The minimum absolute atomic E-state index is 0.0141. The number of carboxylic acids is 2. The number of rotatable bonds is 4. The highest BCUT2D eigenvalue weighted by Gasteiger charge is 2.59. The van der Waals surface area contributed by atoms with Gasteiger partial charge in [0, 0.05) is 13.3 Å². The van der Waals surface area contributed by atoms with Gasteiger partial charge in [-0.15, -0.1) is 0 Å². The quantitative estimate of drug-likeness (QED) is 0.721. The molecule has 3 rings (SSSR count). The number of fused-ring (bicyclic) bond motifs is 3. The molecule has 0 bridgehead atoms. The number of hydrogen-bond acceptors (Lipinski definition) is 4. The van der Waals surface area contributed by atoms with E-state index in [4.69, 9.17) is 4.74 Å². The monoisotopic (exact) mass is 380 g/mol. The summed E-state index contributed by atoms with van der Waals surface area (Å²) in [5.41, 5.74) is -0.881. The van der Waals surface area contributed by atoms with Crippen LogP contribution in [-0.4, -0.2) is 34.2 Å². The van der Waals surface area contributed by atoms with E-state index in [1.54, 1.807) is 6.92 Å². The zero-order chi connectivity index (χ0) is 20.0. The fourth-order valence-electron chi connectivity index (χ4n) is 6.71. The Kier molecular flexibility index (Phi) is 5.30. The molecule has 0 heterocycles. The van der Waals surface area contributed by atoms with Gasteiger partial charge in [-0.25, -0.2) is 0 Å². The number of ether oxygens (including phenoxy) is 1. The molecule has 3 aliphatic carbocycles. The first-order chi connectivity index (χ1) is 12.6. The van der Waals surface area contributed by atoms with Crippen LogP contribution in [0.5, 0.6) is 0 Å². The Hall–Kier alpha value is -1.59. The molecule has 0 aromatic rings. The van der Waals surface area contributed by atoms with E-state index >= 15 is 0 Å². The van der Waals surface area contributed by atoms with Crippen LogP contribution < -0.4 is 0 Å². The Labute approximate surface area is 160 Å². The Morgan fingerprint density at radius 1 is 1.04 bits per heavy atom. The molecule has 2 N–H and O–H groups in total. The number of carboxylic acid groups (broad SMARTS) is 2. The van der Waals surface area contributed by atoms with Gasteiger partial charge in [0.05, 0.1) is 5.41 Å². The number of carbonyl (C=O) groups excluding carboxylic acids is 1. The second-order valence-corrected chi connectivity index (χ2v) is 9.52. The summed E-state index contributed by atoms with van der Waals surface area (Å²) in [7, 11) is 0. The maximum atomic E-state index is 12.0. The molecule has 6 nitrogen and oxygen atoms in total. The zero-order valence-corrected chi connectivity index (χ0v) is 16.6. The van der Waals surface area contributed by atoms with Gasteiger partial charge in [-0.1, -0.05) is 6.92 Å². The molecule has 152 valence electrons. The largest absolute Gasteiger partial charge is 0.481 e. The molecule has 3 fully saturated rings. The predicted molar refractivity (Wildman–Crippen MR) is 97.9 cm³/mol. The summed E-state index contributed by atoms with van der Waals surface area (Å²) in [5, 5.41) is 19.3. The predicted octanol–water partition coefficient (Wildman–Crippen LogP) is 3.73. The van der Waals surface area contributed by atoms with Gasteiger partial charge in [0.1, 0.15) is 6.10 Å². The molecule has 3 aliphatic rings. The van der Waals surface area contributed by atoms with Crippen molar-refractivity contribution >= 4 is 17.9 Å². The number of carbonyl (C=O) groups is 3. The van der Waals surface area contributed by atoms with Crippen molar-refractivity contribution in [3.8, 4) is 0 Å². The van der Waals surface area contributed by atoms with Gasteiger partial charge in [-0.2, -0.15) is 0 Å². The second kappa shape index (κ2) is 7.10. The Morgan fingerprint density at radius 2 is 1.74 bits per heavy atom. The van der Waals surface area contributed by atoms with E-state index in [-0.39, 0.29) is 35.7 Å². The van der Waals surface area contributed by atoms with Crippen LogP contribution in [0.4, 0.5) is 0 Å². The molecule has 0 spiro atoms. The summed E-state index contributed by atoms with van der Waals surface area (Å²) in [6.07, 6.45) is 5.81. The van der Waals surface area contributed by atoms with Crippen molar-refractivity contribution in [3.05, 3.63) is 0 Å². The topological polar surface area (TPSA) is 101 Å². The second-order valence-electron chi connectivity index (χ2n) is 9.52. The molecule has 0 amide bonds. The fourth-order valence-corrected chi connectivity index (χ4v) is 6.71. The molecule has 0 unspecified atom stereocenters. The van der Waals surface area contributed by atoms with E-state index < -0.39 is 17.4 Å². The van der Waals surface area contributed by atoms with Gasteiger partial charge in [0.2, 0.25) is 0 Å². The van der Waals surface area contributed by atoms with Gasteiger partial charge >= 0.3 is 17.9 Å². The first kappa shape index (κ1) is 20.2. The minimum atomic E-state index is -0.961. The van der Waals surface area contributed by atoms with Crippen LogP contribution in [0, 0.1) is 34.5 Å². The lowest BCUT2D eigenvalue weighted by atomic mass is 9.44. The highest BCUT2D eigenvalue weighted by atomic mass is 16.5. The van der Waals surface area contributed by atoms with E-state index in [1.807, 2.05) is 0 Å². The summed E-state index contributed by atoms with van der Waals surface area (Å²) in [6, 6.07) is 0. The van der Waals surface area contributed by atoms with Gasteiger partial charge in [-0.3, -0.25) is 14.4 Å². The van der Waals surface area contributed by atoms with Crippen LogP contribution in [-0.2, 0) is 19.1 Å². The first-order valence-corrected chi connectivity index (χ1v) is 10.2. The molecule has 27 heavy (non-hydrogen) atoms. The molecule has 0 aromatic carbocycles. The molecule has 6 heteroatoms. The van der Waals surface area contributed by atoms with E-state index in [1.165, 1.54) is 6.92 Å². The Morgan fingerprint density at radius 3 is 2.33 bits per heavy atom. The molecule has 3 saturated carbocycles. The lowest BCUT2D eigenvalue weighted by molar-refractivity contribution is -0.175. The van der Waals surface area contributed by atoms with Gasteiger partial charge in [0.25, 0.3) is 0 Å². The maximum absolute atomic E-state index is 12.0. The normalized spacial score (nSPS) is 43.9. The fraction of sp³-hybridized carbons (Fsp3) is 0.857. The van der Waals surface area contributed by atoms with Crippen molar-refractivity contribution in [1.82, 2.24) is 0 Å². The van der Waals surface area contributed by atoms with Crippen molar-refractivity contribution in [3.63, 3.8) is 0 Å². The lowest BCUT2D eigenvalue weighted by Crippen LogP contribution is -2.56. The van der Waals surface area contributed by atoms with Crippen LogP contribution in [0.15, 0.2) is 0 Å². The maximum Gasteiger partial charge on any atom is 0.309 e. The third-order valence-corrected chi connectivity index (χ3v) is 8.22. The molecule has 7 atom stereocenters. The molecular formula is C21H32O6. The molecule has 0 aliphatic heterocycles. The van der Waals surface area contributed by atoms with Crippen LogP contribution in [0.3, 0.4) is 0 Å². The lowest BCUT2D eigenvalue weighted by Gasteiger charge is -2.60. The standard InChI is InChI=1S/C21H32O6/c1-12(22)27-14-6-8-20(2)13(10-14)4-5-15-16(20)7-9-21(3,19(25)26)17(15)11-18(23)24/h13-17H,4-11H2,1-3H3,(H,23,24)(H,25,26)/t13-,14-,15+,16-,17-,20-,21-/m0/s1. The Balaban J connectivity index is 1.84. The van der Waals surface area contributed by atoms with Crippen molar-refractivity contribution in [2.45, 2.75) is 78.2 Å². The van der Waals surface area contributed by atoms with E-state index in [2.05, 4.69) is 6.92 Å². The molecule has 0 saturated heterocycles. The van der Waals surface area contributed by atoms with Gasteiger partial charge in [0.15, 0.2) is 0 Å². The smallest absolute Gasteiger partial charge is 0.309 e. The Bertz CT molecular complexity index is 630. The minimum Gasteiger partial charge on any atom is -0.481 e. The van der Waals surface area contributed by atoms with Crippen LogP contribution >= 0.6 is 0 Å². The number of aliphatic carboxylic acids is 2. The summed E-state index contributed by atoms with van der Waals surface area (Å²) in [5.74, 6) is -1.37. The highest BCUT2D eigenvalue weighted by molar-refractivity contribution is 5.76. The van der Waals surface area contributed by atoms with Crippen molar-refractivity contribution in [2.24, 2.45) is 34.5 Å². The number of esters is 1. The van der Waals surface area contributed by atoms with Crippen LogP contribution in [0.2, 0.25) is 0 Å². The third-order valence-electron chi connectivity index (χ3n) is 8.22. The summed E-state index contributed by atoms with van der Waals surface area (Å²) < 4.78 is 5.47. The van der Waals surface area contributed by atoms with Crippen molar-refractivity contribution < 1.29 is 29.3 Å². The van der Waals surface area contributed by atoms with Crippen LogP contribution in [0.1, 0.15) is 72.1 Å². The average molecular weight is 380 g/mol. The SMILES string of the molecule is CC(=O)O[C@H]1CC[C@@]2(C)[C@@H](CC[C@@H]3[C@@H]2CC[C@](C)(C(=O)O)[C@H]3CC(=O)O)C1. The van der Waals surface area contributed by atoms with Crippen LogP contribution in [0.25, 0.3) is 0 Å². The van der Waals surface area contributed by atoms with Crippen molar-refractivity contribution in [1.29, 1.82) is 0 Å².